The summed E-state index contributed by atoms with van der Waals surface area (Å²) in [5.41, 5.74) is 2.26. The maximum absolute atomic E-state index is 12.8. The summed E-state index contributed by atoms with van der Waals surface area (Å²) in [6, 6.07) is 13.7. The number of carbonyl (C=O) groups excluding carboxylic acids is 1. The number of ether oxygens (including phenoxy) is 1. The summed E-state index contributed by atoms with van der Waals surface area (Å²) in [5, 5.41) is 2.95. The Morgan fingerprint density at radius 1 is 1.14 bits per heavy atom. The van der Waals surface area contributed by atoms with Crippen LogP contribution in [-0.2, 0) is 4.79 Å². The molecule has 0 bridgehead atoms. The quantitative estimate of drug-likeness (QED) is 0.881. The number of hydrogen-bond donors (Lipinski definition) is 1. The van der Waals surface area contributed by atoms with Gasteiger partial charge in [-0.3, -0.25) is 4.79 Å². The molecule has 0 aliphatic rings. The molecule has 1 N–H and O–H groups in total. The number of halogens is 1. The second-order valence-corrected chi connectivity index (χ2v) is 5.18. The van der Waals surface area contributed by atoms with Crippen LogP contribution in [0.5, 0.6) is 5.75 Å². The summed E-state index contributed by atoms with van der Waals surface area (Å²) in [6.45, 7) is 3.96. The molecule has 0 saturated carbocycles. The zero-order valence-corrected chi connectivity index (χ0v) is 12.8. The summed E-state index contributed by atoms with van der Waals surface area (Å²) in [5.74, 6) is -0.0566. The zero-order chi connectivity index (χ0) is 15.9. The van der Waals surface area contributed by atoms with Crippen LogP contribution in [-0.4, -0.2) is 12.5 Å². The molecule has 0 aliphatic carbocycles. The van der Waals surface area contributed by atoms with Gasteiger partial charge in [0.1, 0.15) is 11.6 Å². The first-order valence-electron chi connectivity index (χ1n) is 7.32. The van der Waals surface area contributed by atoms with Gasteiger partial charge < -0.3 is 10.1 Å². The van der Waals surface area contributed by atoms with Gasteiger partial charge in [0.25, 0.3) is 5.91 Å². The molecular formula is C18H20FNO2. The fourth-order valence-electron chi connectivity index (χ4n) is 2.14. The smallest absolute Gasteiger partial charge is 0.258 e. The number of rotatable bonds is 6. The van der Waals surface area contributed by atoms with Crippen LogP contribution in [0, 0.1) is 12.7 Å². The lowest BCUT2D eigenvalue weighted by Gasteiger charge is -2.18. The van der Waals surface area contributed by atoms with E-state index in [1.54, 1.807) is 0 Å². The Bertz CT molecular complexity index is 608. The Labute approximate surface area is 130 Å². The van der Waals surface area contributed by atoms with Crippen molar-refractivity contribution in [2.45, 2.75) is 26.3 Å². The number of hydrogen-bond acceptors (Lipinski definition) is 2. The topological polar surface area (TPSA) is 38.3 Å². The van der Waals surface area contributed by atoms with Gasteiger partial charge in [-0.25, -0.2) is 4.39 Å². The van der Waals surface area contributed by atoms with Gasteiger partial charge in [-0.1, -0.05) is 36.8 Å². The van der Waals surface area contributed by atoms with Crippen LogP contribution < -0.4 is 10.1 Å². The van der Waals surface area contributed by atoms with E-state index in [4.69, 9.17) is 4.74 Å². The van der Waals surface area contributed by atoms with Crippen molar-refractivity contribution in [1.82, 2.24) is 5.32 Å². The number of amides is 1. The molecule has 22 heavy (non-hydrogen) atoms. The molecule has 2 aromatic rings. The first kappa shape index (κ1) is 16.0. The Morgan fingerprint density at radius 3 is 2.36 bits per heavy atom. The predicted molar refractivity (Wildman–Crippen MR) is 84.2 cm³/mol. The van der Waals surface area contributed by atoms with E-state index in [1.807, 2.05) is 38.1 Å². The standard InChI is InChI=1S/C18H20FNO2/c1-3-17(14-6-4-13(2)5-7-14)20-18(21)12-22-16-10-8-15(19)9-11-16/h4-11,17H,3,12H2,1-2H3,(H,20,21)/t17-/m0/s1. The minimum absolute atomic E-state index is 0.0371. The summed E-state index contributed by atoms with van der Waals surface area (Å²) in [4.78, 5) is 12.0. The lowest BCUT2D eigenvalue weighted by Crippen LogP contribution is -2.32. The average Bonchev–Trinajstić information content (AvgIpc) is 2.53. The number of aryl methyl sites for hydroxylation is 1. The number of carbonyl (C=O) groups is 1. The van der Waals surface area contributed by atoms with Crippen molar-refractivity contribution in [3.63, 3.8) is 0 Å². The van der Waals surface area contributed by atoms with Gasteiger partial charge in [0.2, 0.25) is 0 Å². The minimum Gasteiger partial charge on any atom is -0.484 e. The van der Waals surface area contributed by atoms with E-state index in [9.17, 15) is 9.18 Å². The molecule has 0 unspecified atom stereocenters. The fourth-order valence-corrected chi connectivity index (χ4v) is 2.14. The molecule has 2 rings (SSSR count). The number of benzene rings is 2. The zero-order valence-electron chi connectivity index (χ0n) is 12.8. The molecule has 0 saturated heterocycles. The van der Waals surface area contributed by atoms with Crippen LogP contribution in [0.1, 0.15) is 30.5 Å². The SMILES string of the molecule is CC[C@H](NC(=O)COc1ccc(F)cc1)c1ccc(C)cc1. The van der Waals surface area contributed by atoms with Crippen molar-refractivity contribution in [3.05, 3.63) is 65.5 Å². The van der Waals surface area contributed by atoms with Crippen molar-refractivity contribution in [2.75, 3.05) is 6.61 Å². The van der Waals surface area contributed by atoms with Gasteiger partial charge in [-0.05, 0) is 43.2 Å². The largest absolute Gasteiger partial charge is 0.484 e. The van der Waals surface area contributed by atoms with Gasteiger partial charge in [0.15, 0.2) is 6.61 Å². The normalized spacial score (nSPS) is 11.8. The highest BCUT2D eigenvalue weighted by atomic mass is 19.1. The molecule has 116 valence electrons. The average molecular weight is 301 g/mol. The molecule has 0 aromatic heterocycles. The van der Waals surface area contributed by atoms with Gasteiger partial charge in [0.05, 0.1) is 6.04 Å². The molecular weight excluding hydrogens is 281 g/mol. The highest BCUT2D eigenvalue weighted by molar-refractivity contribution is 5.78. The molecule has 0 radical (unpaired) electrons. The van der Waals surface area contributed by atoms with Gasteiger partial charge in [-0.2, -0.15) is 0 Å². The highest BCUT2D eigenvalue weighted by Crippen LogP contribution is 2.17. The van der Waals surface area contributed by atoms with Crippen LogP contribution in [0.3, 0.4) is 0 Å². The Balaban J connectivity index is 1.89. The second-order valence-electron chi connectivity index (χ2n) is 5.18. The minimum atomic E-state index is -0.331. The van der Waals surface area contributed by atoms with Crippen LogP contribution in [0.15, 0.2) is 48.5 Å². The summed E-state index contributed by atoms with van der Waals surface area (Å²) in [6.07, 6.45) is 0.797. The highest BCUT2D eigenvalue weighted by Gasteiger charge is 2.13. The van der Waals surface area contributed by atoms with Gasteiger partial charge in [0, 0.05) is 0 Å². The molecule has 3 nitrogen and oxygen atoms in total. The fraction of sp³-hybridized carbons (Fsp3) is 0.278. The van der Waals surface area contributed by atoms with Crippen LogP contribution in [0.2, 0.25) is 0 Å². The third-order valence-electron chi connectivity index (χ3n) is 3.41. The second kappa shape index (κ2) is 7.59. The van der Waals surface area contributed by atoms with Crippen LogP contribution in [0.25, 0.3) is 0 Å². The Kier molecular flexibility index (Phi) is 5.53. The van der Waals surface area contributed by atoms with Crippen molar-refractivity contribution >= 4 is 5.91 Å². The van der Waals surface area contributed by atoms with Gasteiger partial charge >= 0.3 is 0 Å². The monoisotopic (exact) mass is 301 g/mol. The molecule has 2 aromatic carbocycles. The Morgan fingerprint density at radius 2 is 1.77 bits per heavy atom. The van der Waals surface area contributed by atoms with E-state index in [1.165, 1.54) is 29.8 Å². The van der Waals surface area contributed by atoms with Crippen molar-refractivity contribution < 1.29 is 13.9 Å². The maximum Gasteiger partial charge on any atom is 0.258 e. The first-order chi connectivity index (χ1) is 10.6. The van der Waals surface area contributed by atoms with Gasteiger partial charge in [-0.15, -0.1) is 0 Å². The lowest BCUT2D eigenvalue weighted by molar-refractivity contribution is -0.123. The summed E-state index contributed by atoms with van der Waals surface area (Å²) >= 11 is 0. The van der Waals surface area contributed by atoms with Crippen LogP contribution >= 0.6 is 0 Å². The predicted octanol–water partition coefficient (Wildman–Crippen LogP) is 3.78. The molecule has 0 fully saturated rings. The maximum atomic E-state index is 12.8. The first-order valence-corrected chi connectivity index (χ1v) is 7.32. The van der Waals surface area contributed by atoms with E-state index < -0.39 is 0 Å². The number of nitrogens with one attached hydrogen (secondary N) is 1. The van der Waals surface area contributed by atoms with Crippen LogP contribution in [0.4, 0.5) is 4.39 Å². The third kappa shape index (κ3) is 4.58. The molecule has 1 atom stereocenters. The molecule has 0 heterocycles. The Hall–Kier alpha value is -2.36. The van der Waals surface area contributed by atoms with E-state index in [0.29, 0.717) is 5.75 Å². The van der Waals surface area contributed by atoms with Crippen molar-refractivity contribution in [1.29, 1.82) is 0 Å². The van der Waals surface area contributed by atoms with E-state index in [-0.39, 0.29) is 24.4 Å². The van der Waals surface area contributed by atoms with E-state index >= 15 is 0 Å². The molecule has 0 spiro atoms. The lowest BCUT2D eigenvalue weighted by atomic mass is 10.0. The molecule has 4 heteroatoms. The third-order valence-corrected chi connectivity index (χ3v) is 3.41. The summed E-state index contributed by atoms with van der Waals surface area (Å²) < 4.78 is 18.1. The van der Waals surface area contributed by atoms with E-state index in [2.05, 4.69) is 5.32 Å². The van der Waals surface area contributed by atoms with Crippen molar-refractivity contribution in [3.8, 4) is 5.75 Å². The summed E-state index contributed by atoms with van der Waals surface area (Å²) in [7, 11) is 0. The molecule has 1 amide bonds. The van der Waals surface area contributed by atoms with E-state index in [0.717, 1.165) is 12.0 Å². The van der Waals surface area contributed by atoms with Crippen molar-refractivity contribution in [2.24, 2.45) is 0 Å². The molecule has 0 aliphatic heterocycles.